The van der Waals surface area contributed by atoms with Gasteiger partial charge in [-0.25, -0.2) is 4.98 Å². The third kappa shape index (κ3) is 4.93. The molecule has 1 aromatic rings. The molecule has 98 valence electrons. The fourth-order valence-electron chi connectivity index (χ4n) is 2.34. The zero-order valence-electron chi connectivity index (χ0n) is 11.6. The van der Waals surface area contributed by atoms with Crippen LogP contribution in [0.1, 0.15) is 46.6 Å². The first-order chi connectivity index (χ1) is 8.11. The van der Waals surface area contributed by atoms with Gasteiger partial charge in [-0.15, -0.1) is 0 Å². The van der Waals surface area contributed by atoms with Crippen LogP contribution in [0.5, 0.6) is 0 Å². The van der Waals surface area contributed by atoms with E-state index in [1.54, 1.807) is 12.1 Å². The van der Waals surface area contributed by atoms with E-state index in [1.165, 1.54) is 0 Å². The number of hydrogen-bond acceptors (Lipinski definition) is 3. The summed E-state index contributed by atoms with van der Waals surface area (Å²) in [5.74, 6) is 0.647. The van der Waals surface area contributed by atoms with E-state index < -0.39 is 0 Å². The highest BCUT2D eigenvalue weighted by Gasteiger charge is 2.25. The Morgan fingerprint density at radius 2 is 1.89 bits per heavy atom. The lowest BCUT2D eigenvalue weighted by Crippen LogP contribution is -2.35. The third-order valence-corrected chi connectivity index (χ3v) is 2.56. The summed E-state index contributed by atoms with van der Waals surface area (Å²) in [7, 11) is 0. The molecule has 1 rings (SSSR count). The van der Waals surface area contributed by atoms with E-state index in [0.717, 1.165) is 6.42 Å². The van der Waals surface area contributed by atoms with Gasteiger partial charge >= 0.3 is 0 Å². The van der Waals surface area contributed by atoms with Gasteiger partial charge < -0.3 is 5.32 Å². The Kier molecular flexibility index (Phi) is 4.24. The Morgan fingerprint density at radius 3 is 2.39 bits per heavy atom. The van der Waals surface area contributed by atoms with Crippen molar-refractivity contribution >= 4 is 17.4 Å². The maximum Gasteiger partial charge on any atom is 0.132 e. The van der Waals surface area contributed by atoms with Crippen LogP contribution in [0.2, 0.25) is 5.15 Å². The number of anilines is 1. The fraction of sp³-hybridized carbons (Fsp3) is 0.571. The number of nitrogens with zero attached hydrogens (tertiary/aromatic N) is 2. The minimum absolute atomic E-state index is 0.108. The first-order valence-electron chi connectivity index (χ1n) is 5.97. The van der Waals surface area contributed by atoms with Crippen molar-refractivity contribution in [3.63, 3.8) is 0 Å². The summed E-state index contributed by atoms with van der Waals surface area (Å²) in [6.45, 7) is 10.8. The van der Waals surface area contributed by atoms with E-state index >= 15 is 0 Å². The molecule has 1 aromatic heterocycles. The average molecular weight is 266 g/mol. The minimum Gasteiger partial charge on any atom is -0.365 e. The second-order valence-electron chi connectivity index (χ2n) is 6.42. The molecule has 0 unspecified atom stereocenters. The second kappa shape index (κ2) is 5.16. The predicted octanol–water partition coefficient (Wildman–Crippen LogP) is 4.23. The van der Waals surface area contributed by atoms with Gasteiger partial charge in [0.1, 0.15) is 11.0 Å². The highest BCUT2D eigenvalue weighted by molar-refractivity contribution is 6.29. The first kappa shape index (κ1) is 14.8. The Balaban J connectivity index is 2.90. The lowest BCUT2D eigenvalue weighted by molar-refractivity contribution is 0.302. The molecule has 0 spiro atoms. The molecule has 0 aliphatic carbocycles. The topological polar surface area (TPSA) is 48.7 Å². The van der Waals surface area contributed by atoms with Crippen LogP contribution in [0.15, 0.2) is 12.1 Å². The summed E-state index contributed by atoms with van der Waals surface area (Å²) >= 11 is 5.89. The number of pyridine rings is 1. The summed E-state index contributed by atoms with van der Waals surface area (Å²) < 4.78 is 0. The van der Waals surface area contributed by atoms with Gasteiger partial charge in [0, 0.05) is 5.54 Å². The minimum atomic E-state index is -0.108. The molecule has 4 heteroatoms. The Labute approximate surface area is 114 Å². The van der Waals surface area contributed by atoms with Gasteiger partial charge in [-0.2, -0.15) is 5.26 Å². The molecular weight excluding hydrogens is 246 g/mol. The van der Waals surface area contributed by atoms with Crippen LogP contribution in [0.25, 0.3) is 0 Å². The number of halogens is 1. The molecule has 1 N–H and O–H groups in total. The van der Waals surface area contributed by atoms with Crippen LogP contribution >= 0.6 is 11.6 Å². The highest BCUT2D eigenvalue weighted by atomic mass is 35.5. The molecule has 0 atom stereocenters. The van der Waals surface area contributed by atoms with Gasteiger partial charge in [0.15, 0.2) is 0 Å². The van der Waals surface area contributed by atoms with Crippen LogP contribution in [-0.4, -0.2) is 10.5 Å². The molecule has 0 radical (unpaired) electrons. The molecule has 0 aromatic carbocycles. The van der Waals surface area contributed by atoms with Gasteiger partial charge in [-0.1, -0.05) is 32.4 Å². The highest BCUT2D eigenvalue weighted by Crippen LogP contribution is 2.29. The van der Waals surface area contributed by atoms with E-state index in [9.17, 15) is 0 Å². The molecule has 0 saturated carbocycles. The van der Waals surface area contributed by atoms with E-state index in [2.05, 4.69) is 51.0 Å². The first-order valence-corrected chi connectivity index (χ1v) is 6.35. The smallest absolute Gasteiger partial charge is 0.132 e. The molecule has 0 amide bonds. The van der Waals surface area contributed by atoms with Crippen molar-refractivity contribution < 1.29 is 0 Å². The maximum atomic E-state index is 8.91. The van der Waals surface area contributed by atoms with Crippen LogP contribution in [-0.2, 0) is 0 Å². The van der Waals surface area contributed by atoms with Crippen LogP contribution in [0, 0.1) is 16.7 Å². The zero-order chi connectivity index (χ0) is 14.0. The van der Waals surface area contributed by atoms with Gasteiger partial charge in [0.25, 0.3) is 0 Å². The molecule has 0 aliphatic heterocycles. The Morgan fingerprint density at radius 1 is 1.28 bits per heavy atom. The number of nitriles is 1. The number of aromatic nitrogens is 1. The van der Waals surface area contributed by atoms with Gasteiger partial charge in [0.05, 0.1) is 11.6 Å². The van der Waals surface area contributed by atoms with Crippen LogP contribution in [0.4, 0.5) is 5.82 Å². The standard InChI is InChI=1S/C14H20ClN3/c1-13(2,3)9-14(4,5)18-12-7-10(8-16)6-11(15)17-12/h6-7H,9H2,1-5H3,(H,17,18). The molecule has 0 bridgehead atoms. The molecule has 0 aliphatic rings. The quantitative estimate of drug-likeness (QED) is 0.832. The summed E-state index contributed by atoms with van der Waals surface area (Å²) in [4.78, 5) is 4.20. The van der Waals surface area contributed by atoms with Crippen molar-refractivity contribution in [2.24, 2.45) is 5.41 Å². The maximum absolute atomic E-state index is 8.91. The molecule has 0 saturated heterocycles. The number of nitrogens with one attached hydrogen (secondary N) is 1. The second-order valence-corrected chi connectivity index (χ2v) is 6.81. The summed E-state index contributed by atoms with van der Waals surface area (Å²) in [5, 5.41) is 12.6. The monoisotopic (exact) mass is 265 g/mol. The molecule has 0 fully saturated rings. The summed E-state index contributed by atoms with van der Waals surface area (Å²) in [6, 6.07) is 5.36. The largest absolute Gasteiger partial charge is 0.365 e. The van der Waals surface area contributed by atoms with E-state index in [0.29, 0.717) is 16.5 Å². The predicted molar refractivity (Wildman–Crippen MR) is 75.7 cm³/mol. The van der Waals surface area contributed by atoms with Crippen molar-refractivity contribution in [3.05, 3.63) is 22.8 Å². The van der Waals surface area contributed by atoms with Crippen molar-refractivity contribution in [1.82, 2.24) is 4.98 Å². The van der Waals surface area contributed by atoms with Crippen molar-refractivity contribution in [2.45, 2.75) is 46.6 Å². The molecule has 1 heterocycles. The third-order valence-electron chi connectivity index (χ3n) is 2.36. The van der Waals surface area contributed by atoms with Gasteiger partial charge in [-0.05, 0) is 37.8 Å². The number of hydrogen-bond donors (Lipinski definition) is 1. The fourth-order valence-corrected chi connectivity index (χ4v) is 2.55. The Hall–Kier alpha value is -1.27. The van der Waals surface area contributed by atoms with Gasteiger partial charge in [0.2, 0.25) is 0 Å². The normalized spacial score (nSPS) is 12.1. The van der Waals surface area contributed by atoms with Gasteiger partial charge in [-0.3, -0.25) is 0 Å². The lowest BCUT2D eigenvalue weighted by Gasteiger charge is -2.33. The van der Waals surface area contributed by atoms with E-state index in [4.69, 9.17) is 16.9 Å². The SMILES string of the molecule is CC(C)(C)CC(C)(C)Nc1cc(C#N)cc(Cl)n1. The van der Waals surface area contributed by atoms with Crippen LogP contribution < -0.4 is 5.32 Å². The van der Waals surface area contributed by atoms with Crippen molar-refractivity contribution in [2.75, 3.05) is 5.32 Å². The lowest BCUT2D eigenvalue weighted by atomic mass is 9.82. The molecule has 18 heavy (non-hydrogen) atoms. The zero-order valence-corrected chi connectivity index (χ0v) is 12.4. The molecular formula is C14H20ClN3. The van der Waals surface area contributed by atoms with E-state index in [1.807, 2.05) is 0 Å². The summed E-state index contributed by atoms with van der Waals surface area (Å²) in [5.41, 5.74) is 0.625. The van der Waals surface area contributed by atoms with Crippen LogP contribution in [0.3, 0.4) is 0 Å². The summed E-state index contributed by atoms with van der Waals surface area (Å²) in [6.07, 6.45) is 0.982. The van der Waals surface area contributed by atoms with Crippen molar-refractivity contribution in [3.8, 4) is 6.07 Å². The average Bonchev–Trinajstić information content (AvgIpc) is 2.11. The van der Waals surface area contributed by atoms with E-state index in [-0.39, 0.29) is 11.0 Å². The number of rotatable bonds is 3. The van der Waals surface area contributed by atoms with Crippen molar-refractivity contribution in [1.29, 1.82) is 5.26 Å². The Bertz CT molecular complexity index is 467. The molecule has 3 nitrogen and oxygen atoms in total.